The summed E-state index contributed by atoms with van der Waals surface area (Å²) in [5, 5.41) is 4.70. The zero-order chi connectivity index (χ0) is 22.3. The molecule has 0 radical (unpaired) electrons. The standard InChI is InChI=1S/C25H33N3O3/c1-25(2,3)31-24(30)26-22(18-19-10-6-4-7-11-19)23(29)27-28-16-14-21(15-17-28)20-12-8-5-9-13-20/h4-13,21-22H,14-18H2,1-3H3,(H,26,30)(H,27,29)/t22-/m0/s1. The maximum Gasteiger partial charge on any atom is 0.408 e. The summed E-state index contributed by atoms with van der Waals surface area (Å²) >= 11 is 0. The van der Waals surface area contributed by atoms with Crippen LogP contribution < -0.4 is 10.7 Å². The van der Waals surface area contributed by atoms with E-state index >= 15 is 0 Å². The Morgan fingerprint density at radius 1 is 1.00 bits per heavy atom. The highest BCUT2D eigenvalue weighted by Crippen LogP contribution is 2.27. The quantitative estimate of drug-likeness (QED) is 0.736. The normalized spacial score (nSPS) is 16.4. The lowest BCUT2D eigenvalue weighted by molar-refractivity contribution is -0.128. The third kappa shape index (κ3) is 7.40. The summed E-state index contributed by atoms with van der Waals surface area (Å²) in [5.74, 6) is 0.280. The molecule has 1 fully saturated rings. The number of hydrogen-bond acceptors (Lipinski definition) is 4. The summed E-state index contributed by atoms with van der Waals surface area (Å²) in [6.45, 7) is 6.95. The molecule has 0 spiro atoms. The summed E-state index contributed by atoms with van der Waals surface area (Å²) < 4.78 is 5.37. The first-order chi connectivity index (χ1) is 14.8. The number of nitrogens with zero attached hydrogens (tertiary/aromatic N) is 1. The van der Waals surface area contributed by atoms with Gasteiger partial charge in [-0.1, -0.05) is 60.7 Å². The molecule has 0 bridgehead atoms. The van der Waals surface area contributed by atoms with Gasteiger partial charge in [-0.25, -0.2) is 9.80 Å². The van der Waals surface area contributed by atoms with E-state index in [-0.39, 0.29) is 5.91 Å². The number of alkyl carbamates (subject to hydrolysis) is 1. The van der Waals surface area contributed by atoms with Gasteiger partial charge in [-0.05, 0) is 50.7 Å². The minimum absolute atomic E-state index is 0.229. The maximum atomic E-state index is 13.0. The van der Waals surface area contributed by atoms with Gasteiger partial charge in [-0.2, -0.15) is 0 Å². The molecule has 1 atom stereocenters. The fourth-order valence-corrected chi connectivity index (χ4v) is 3.79. The lowest BCUT2D eigenvalue weighted by Crippen LogP contribution is -2.55. The zero-order valence-corrected chi connectivity index (χ0v) is 18.6. The van der Waals surface area contributed by atoms with Gasteiger partial charge in [0.05, 0.1) is 0 Å². The van der Waals surface area contributed by atoms with E-state index in [1.54, 1.807) is 20.8 Å². The molecule has 1 saturated heterocycles. The average molecular weight is 424 g/mol. The minimum atomic E-state index is -0.718. The van der Waals surface area contributed by atoms with Crippen LogP contribution in [-0.4, -0.2) is 41.7 Å². The molecule has 3 rings (SSSR count). The van der Waals surface area contributed by atoms with Gasteiger partial charge < -0.3 is 10.1 Å². The smallest absolute Gasteiger partial charge is 0.408 e. The highest BCUT2D eigenvalue weighted by molar-refractivity contribution is 5.85. The van der Waals surface area contributed by atoms with Crippen molar-refractivity contribution in [3.63, 3.8) is 0 Å². The van der Waals surface area contributed by atoms with Crippen LogP contribution in [0.25, 0.3) is 0 Å². The molecule has 166 valence electrons. The maximum absolute atomic E-state index is 13.0. The number of rotatable bonds is 6. The van der Waals surface area contributed by atoms with Crippen LogP contribution in [0.4, 0.5) is 4.79 Å². The van der Waals surface area contributed by atoms with Crippen LogP contribution in [0.15, 0.2) is 60.7 Å². The second-order valence-corrected chi connectivity index (χ2v) is 9.04. The van der Waals surface area contributed by atoms with Crippen molar-refractivity contribution >= 4 is 12.0 Å². The van der Waals surface area contributed by atoms with E-state index in [4.69, 9.17) is 4.74 Å². The highest BCUT2D eigenvalue weighted by atomic mass is 16.6. The van der Waals surface area contributed by atoms with Gasteiger partial charge >= 0.3 is 6.09 Å². The first-order valence-corrected chi connectivity index (χ1v) is 10.9. The third-order valence-corrected chi connectivity index (χ3v) is 5.32. The molecule has 0 unspecified atom stereocenters. The van der Waals surface area contributed by atoms with Crippen LogP contribution in [0, 0.1) is 0 Å². The highest BCUT2D eigenvalue weighted by Gasteiger charge is 2.27. The third-order valence-electron chi connectivity index (χ3n) is 5.32. The Morgan fingerprint density at radius 3 is 2.16 bits per heavy atom. The SMILES string of the molecule is CC(C)(C)OC(=O)N[C@@H](Cc1ccccc1)C(=O)NN1CCC(c2ccccc2)CC1. The molecule has 2 amide bonds. The predicted octanol–water partition coefficient (Wildman–Crippen LogP) is 4.03. The van der Waals surface area contributed by atoms with Crippen LogP contribution in [0.2, 0.25) is 0 Å². The molecule has 0 aliphatic carbocycles. The number of nitrogens with one attached hydrogen (secondary N) is 2. The molecular formula is C25H33N3O3. The van der Waals surface area contributed by atoms with E-state index in [2.05, 4.69) is 35.0 Å². The van der Waals surface area contributed by atoms with E-state index in [1.807, 2.05) is 41.4 Å². The summed E-state index contributed by atoms with van der Waals surface area (Å²) in [6, 6.07) is 19.5. The first kappa shape index (κ1) is 22.8. The Morgan fingerprint density at radius 2 is 1.58 bits per heavy atom. The van der Waals surface area contributed by atoms with Gasteiger partial charge in [0.2, 0.25) is 0 Å². The van der Waals surface area contributed by atoms with E-state index < -0.39 is 17.7 Å². The molecule has 0 saturated carbocycles. The number of hydrazine groups is 1. The monoisotopic (exact) mass is 423 g/mol. The van der Waals surface area contributed by atoms with Gasteiger partial charge in [-0.15, -0.1) is 0 Å². The van der Waals surface area contributed by atoms with Crippen molar-refractivity contribution in [1.82, 2.24) is 15.8 Å². The fraction of sp³-hybridized carbons (Fsp3) is 0.440. The number of ether oxygens (including phenoxy) is 1. The van der Waals surface area contributed by atoms with Crippen molar-refractivity contribution in [3.8, 4) is 0 Å². The van der Waals surface area contributed by atoms with Crippen molar-refractivity contribution in [3.05, 3.63) is 71.8 Å². The van der Waals surface area contributed by atoms with Crippen LogP contribution in [-0.2, 0) is 16.0 Å². The number of amides is 2. The predicted molar refractivity (Wildman–Crippen MR) is 121 cm³/mol. The Kier molecular flexibility index (Phi) is 7.69. The van der Waals surface area contributed by atoms with Gasteiger partial charge in [0.15, 0.2) is 0 Å². The number of carbonyl (C=O) groups is 2. The van der Waals surface area contributed by atoms with Crippen LogP contribution in [0.1, 0.15) is 50.7 Å². The van der Waals surface area contributed by atoms with Gasteiger partial charge in [-0.3, -0.25) is 10.2 Å². The van der Waals surface area contributed by atoms with Crippen molar-refractivity contribution in [2.24, 2.45) is 0 Å². The molecule has 0 aromatic heterocycles. The molecule has 2 aromatic carbocycles. The molecular weight excluding hydrogens is 390 g/mol. The van der Waals surface area contributed by atoms with E-state index in [0.29, 0.717) is 12.3 Å². The van der Waals surface area contributed by atoms with Crippen LogP contribution >= 0.6 is 0 Å². The number of hydrogen-bond donors (Lipinski definition) is 2. The number of piperidine rings is 1. The van der Waals surface area contributed by atoms with E-state index in [0.717, 1.165) is 31.5 Å². The average Bonchev–Trinajstić information content (AvgIpc) is 2.74. The molecule has 1 aliphatic rings. The minimum Gasteiger partial charge on any atom is -0.444 e. The largest absolute Gasteiger partial charge is 0.444 e. The molecule has 6 heteroatoms. The van der Waals surface area contributed by atoms with Gasteiger partial charge in [0.25, 0.3) is 5.91 Å². The first-order valence-electron chi connectivity index (χ1n) is 10.9. The Labute approximate surface area is 184 Å². The number of benzene rings is 2. The molecule has 6 nitrogen and oxygen atoms in total. The number of carbonyl (C=O) groups excluding carboxylic acids is 2. The summed E-state index contributed by atoms with van der Waals surface area (Å²) in [7, 11) is 0. The lowest BCUT2D eigenvalue weighted by atomic mass is 9.90. The van der Waals surface area contributed by atoms with Crippen LogP contribution in [0.3, 0.4) is 0 Å². The van der Waals surface area contributed by atoms with E-state index in [9.17, 15) is 9.59 Å². The second kappa shape index (κ2) is 10.4. The van der Waals surface area contributed by atoms with Crippen molar-refractivity contribution in [1.29, 1.82) is 0 Å². The second-order valence-electron chi connectivity index (χ2n) is 9.04. The molecule has 2 aromatic rings. The van der Waals surface area contributed by atoms with Crippen molar-refractivity contribution in [2.75, 3.05) is 13.1 Å². The topological polar surface area (TPSA) is 70.7 Å². The summed E-state index contributed by atoms with van der Waals surface area (Å²) in [4.78, 5) is 25.4. The molecule has 2 N–H and O–H groups in total. The van der Waals surface area contributed by atoms with Crippen molar-refractivity contribution in [2.45, 2.75) is 57.6 Å². The van der Waals surface area contributed by atoms with Crippen molar-refractivity contribution < 1.29 is 14.3 Å². The van der Waals surface area contributed by atoms with E-state index in [1.165, 1.54) is 5.56 Å². The molecule has 1 aliphatic heterocycles. The van der Waals surface area contributed by atoms with Gasteiger partial charge in [0, 0.05) is 19.5 Å². The zero-order valence-electron chi connectivity index (χ0n) is 18.6. The summed E-state index contributed by atoms with van der Waals surface area (Å²) in [5.41, 5.74) is 4.70. The lowest BCUT2D eigenvalue weighted by Gasteiger charge is -2.33. The molecule has 31 heavy (non-hydrogen) atoms. The van der Waals surface area contributed by atoms with Gasteiger partial charge in [0.1, 0.15) is 11.6 Å². The van der Waals surface area contributed by atoms with Crippen LogP contribution in [0.5, 0.6) is 0 Å². The Hall–Kier alpha value is -2.86. The fourth-order valence-electron chi connectivity index (χ4n) is 3.79. The molecule has 1 heterocycles. The summed E-state index contributed by atoms with van der Waals surface area (Å²) in [6.07, 6.45) is 1.76. The Balaban J connectivity index is 1.59. The Bertz CT molecular complexity index is 841.